The minimum absolute atomic E-state index is 0.000304. The predicted octanol–water partition coefficient (Wildman–Crippen LogP) is 8.67. The Morgan fingerprint density at radius 2 is 1.67 bits per heavy atom. The monoisotopic (exact) mass is 699 g/mol. The van der Waals surface area contributed by atoms with Crippen LogP contribution in [0.25, 0.3) is 5.57 Å². The van der Waals surface area contributed by atoms with E-state index in [2.05, 4.69) is 69.7 Å². The van der Waals surface area contributed by atoms with Gasteiger partial charge in [-0.15, -0.1) is 0 Å². The van der Waals surface area contributed by atoms with Crippen LogP contribution in [0.5, 0.6) is 0 Å². The fourth-order valence-corrected chi connectivity index (χ4v) is 14.0. The number of carboxylic acid groups (broad SMARTS) is 1. The van der Waals surface area contributed by atoms with Gasteiger partial charge in [0.25, 0.3) is 0 Å². The fourth-order valence-electron chi connectivity index (χ4n) is 14.0. The number of piperazine rings is 1. The molecule has 3 N–H and O–H groups in total. The first-order valence-corrected chi connectivity index (χ1v) is 20.2. The number of amides is 1. The maximum atomic E-state index is 13.1. The number of nitrogens with zero attached hydrogens (tertiary/aromatic N) is 1. The van der Waals surface area contributed by atoms with Crippen LogP contribution in [0.1, 0.15) is 115 Å². The molecular formula is C44H65N3O4. The van der Waals surface area contributed by atoms with E-state index in [0.29, 0.717) is 41.8 Å². The van der Waals surface area contributed by atoms with E-state index in [1.165, 1.54) is 61.7 Å². The molecule has 7 nitrogen and oxygen atoms in total. The second-order valence-electron chi connectivity index (χ2n) is 19.1. The number of rotatable bonds is 8. The van der Waals surface area contributed by atoms with Gasteiger partial charge in [-0.3, -0.25) is 4.90 Å². The Bertz CT molecular complexity index is 1550. The molecule has 51 heavy (non-hydrogen) atoms. The summed E-state index contributed by atoms with van der Waals surface area (Å²) in [5, 5.41) is 16.2. The second-order valence-corrected chi connectivity index (χ2v) is 19.1. The maximum absolute atomic E-state index is 13.1. The van der Waals surface area contributed by atoms with Crippen LogP contribution in [-0.2, 0) is 4.74 Å². The zero-order chi connectivity index (χ0) is 36.4. The standard InChI is InChI=1S/C44H65N3O4/c1-29(2)32-14-19-44(28-46-39(50)51-27-26-47-24-22-45-23-25-47)21-20-42(6)34(37(32)44)12-13-36-41(5)17-15-33(30-8-10-31(11-9-30)38(48)49)40(3,4)35(41)16-18-43(36,42)7/h8-11,15,32,34-37,45H,1,12-14,16-28H2,2-7H3,(H,46,50)(H,48,49)/t32-,34+,35-,36+,37+,41-,42+,43+,44+/m0/s1. The van der Waals surface area contributed by atoms with E-state index < -0.39 is 5.97 Å². The Morgan fingerprint density at radius 3 is 2.35 bits per heavy atom. The number of hydrogen-bond donors (Lipinski definition) is 3. The Labute approximate surface area is 307 Å². The van der Waals surface area contributed by atoms with Crippen LogP contribution in [0, 0.1) is 56.7 Å². The molecule has 1 amide bonds. The van der Waals surface area contributed by atoms with Crippen molar-refractivity contribution in [1.82, 2.24) is 15.5 Å². The lowest BCUT2D eigenvalue weighted by atomic mass is 9.32. The molecule has 1 aromatic carbocycles. The summed E-state index contributed by atoms with van der Waals surface area (Å²) in [6.07, 6.45) is 13.1. The molecule has 9 atom stereocenters. The predicted molar refractivity (Wildman–Crippen MR) is 204 cm³/mol. The number of ether oxygens (including phenoxy) is 1. The van der Waals surface area contributed by atoms with Crippen molar-refractivity contribution in [3.63, 3.8) is 0 Å². The maximum Gasteiger partial charge on any atom is 0.407 e. The normalized spacial score (nSPS) is 40.1. The van der Waals surface area contributed by atoms with Crippen molar-refractivity contribution in [2.75, 3.05) is 45.9 Å². The molecule has 0 aromatic heterocycles. The summed E-state index contributed by atoms with van der Waals surface area (Å²) in [5.41, 5.74) is 5.04. The number of alkyl carbamates (subject to hydrolysis) is 1. The highest BCUT2D eigenvalue weighted by atomic mass is 16.5. The molecule has 0 spiro atoms. The van der Waals surface area contributed by atoms with Crippen LogP contribution in [-0.4, -0.2) is 67.9 Å². The van der Waals surface area contributed by atoms with Crippen LogP contribution in [0.2, 0.25) is 0 Å². The number of hydrogen-bond acceptors (Lipinski definition) is 5. The first-order valence-electron chi connectivity index (χ1n) is 20.2. The summed E-state index contributed by atoms with van der Waals surface area (Å²) in [5.74, 6) is 2.03. The molecule has 280 valence electrons. The lowest BCUT2D eigenvalue weighted by Gasteiger charge is -2.72. The molecule has 7 rings (SSSR count). The zero-order valence-corrected chi connectivity index (χ0v) is 32.4. The Balaban J connectivity index is 1.11. The van der Waals surface area contributed by atoms with Crippen molar-refractivity contribution in [2.24, 2.45) is 56.7 Å². The Morgan fingerprint density at radius 1 is 0.941 bits per heavy atom. The van der Waals surface area contributed by atoms with Crippen LogP contribution in [0.4, 0.5) is 4.79 Å². The van der Waals surface area contributed by atoms with E-state index in [1.54, 1.807) is 12.1 Å². The van der Waals surface area contributed by atoms with Gasteiger partial charge in [-0.25, -0.2) is 9.59 Å². The number of nitrogens with one attached hydrogen (secondary N) is 2. The quantitative estimate of drug-likeness (QED) is 0.235. The highest BCUT2D eigenvalue weighted by molar-refractivity contribution is 5.88. The lowest BCUT2D eigenvalue weighted by molar-refractivity contribution is -0.225. The van der Waals surface area contributed by atoms with E-state index in [9.17, 15) is 14.7 Å². The molecule has 1 aromatic rings. The van der Waals surface area contributed by atoms with Crippen LogP contribution in [0.15, 0.2) is 42.5 Å². The summed E-state index contributed by atoms with van der Waals surface area (Å²) in [6.45, 7) is 25.7. The Kier molecular flexibility index (Phi) is 9.60. The largest absolute Gasteiger partial charge is 0.478 e. The molecule has 0 bridgehead atoms. The number of allylic oxidation sites excluding steroid dienone is 3. The van der Waals surface area contributed by atoms with E-state index in [1.807, 2.05) is 12.1 Å². The van der Waals surface area contributed by atoms with Crippen molar-refractivity contribution >= 4 is 17.6 Å². The van der Waals surface area contributed by atoms with E-state index >= 15 is 0 Å². The molecule has 0 unspecified atom stereocenters. The summed E-state index contributed by atoms with van der Waals surface area (Å²) in [4.78, 5) is 27.0. The number of carbonyl (C=O) groups excluding carboxylic acids is 1. The molecular weight excluding hydrogens is 635 g/mol. The van der Waals surface area contributed by atoms with Gasteiger partial charge in [0.05, 0.1) is 5.56 Å². The smallest absolute Gasteiger partial charge is 0.407 e. The molecule has 0 radical (unpaired) electrons. The Hall–Kier alpha value is -2.64. The first kappa shape index (κ1) is 36.7. The van der Waals surface area contributed by atoms with Crippen LogP contribution in [0.3, 0.4) is 0 Å². The molecule has 1 heterocycles. The first-order chi connectivity index (χ1) is 24.2. The van der Waals surface area contributed by atoms with E-state index in [4.69, 9.17) is 4.74 Å². The van der Waals surface area contributed by atoms with Crippen molar-refractivity contribution in [2.45, 2.75) is 99.3 Å². The van der Waals surface area contributed by atoms with Gasteiger partial charge in [0.1, 0.15) is 6.61 Å². The van der Waals surface area contributed by atoms with Gasteiger partial charge in [-0.05, 0) is 145 Å². The topological polar surface area (TPSA) is 90.9 Å². The lowest BCUT2D eigenvalue weighted by Crippen LogP contribution is -2.66. The van der Waals surface area contributed by atoms with Gasteiger partial charge >= 0.3 is 12.1 Å². The number of carbonyl (C=O) groups is 2. The molecule has 5 aliphatic carbocycles. The fraction of sp³-hybridized carbons (Fsp3) is 0.727. The van der Waals surface area contributed by atoms with Gasteiger partial charge < -0.3 is 20.5 Å². The van der Waals surface area contributed by atoms with Crippen LogP contribution >= 0.6 is 0 Å². The molecule has 7 heteroatoms. The average molecular weight is 700 g/mol. The average Bonchev–Trinajstić information content (AvgIpc) is 3.48. The summed E-state index contributed by atoms with van der Waals surface area (Å²) in [6, 6.07) is 7.57. The number of fused-ring (bicyclic) bond motifs is 7. The zero-order valence-electron chi connectivity index (χ0n) is 32.4. The highest BCUT2D eigenvalue weighted by Gasteiger charge is 2.70. The van der Waals surface area contributed by atoms with Crippen molar-refractivity contribution in [1.29, 1.82) is 0 Å². The molecule has 1 saturated heterocycles. The minimum Gasteiger partial charge on any atom is -0.478 e. The van der Waals surface area contributed by atoms with Gasteiger partial charge in [-0.1, -0.05) is 65.0 Å². The summed E-state index contributed by atoms with van der Waals surface area (Å²) >= 11 is 0. The third-order valence-corrected chi connectivity index (χ3v) is 16.7. The van der Waals surface area contributed by atoms with Crippen molar-refractivity contribution in [3.8, 4) is 0 Å². The molecule has 5 fully saturated rings. The summed E-state index contributed by atoms with van der Waals surface area (Å²) < 4.78 is 5.74. The van der Waals surface area contributed by atoms with Gasteiger partial charge in [-0.2, -0.15) is 0 Å². The van der Waals surface area contributed by atoms with Gasteiger partial charge in [0, 0.05) is 39.3 Å². The third-order valence-electron chi connectivity index (χ3n) is 16.7. The van der Waals surface area contributed by atoms with Crippen LogP contribution < -0.4 is 10.6 Å². The van der Waals surface area contributed by atoms with Gasteiger partial charge in [0.15, 0.2) is 0 Å². The molecule has 1 aliphatic heterocycles. The molecule has 4 saturated carbocycles. The third kappa shape index (κ3) is 5.91. The number of carboxylic acids is 1. The van der Waals surface area contributed by atoms with Gasteiger partial charge in [0.2, 0.25) is 0 Å². The van der Waals surface area contributed by atoms with E-state index in [-0.39, 0.29) is 33.2 Å². The second kappa shape index (κ2) is 13.3. The summed E-state index contributed by atoms with van der Waals surface area (Å²) in [7, 11) is 0. The number of aromatic carboxylic acids is 1. The van der Waals surface area contributed by atoms with E-state index in [0.717, 1.165) is 52.1 Å². The highest BCUT2D eigenvalue weighted by Crippen LogP contribution is 2.77. The molecule has 6 aliphatic rings. The number of benzene rings is 1. The minimum atomic E-state index is -0.871. The van der Waals surface area contributed by atoms with Crippen molar-refractivity contribution in [3.05, 3.63) is 53.6 Å². The van der Waals surface area contributed by atoms with Crippen molar-refractivity contribution < 1.29 is 19.4 Å². The SMILES string of the molecule is C=C(C)[C@@H]1CC[C@]2(CNC(=O)OCCN3CCNCC3)CC[C@]3(C)[C@H](CC[C@@H]4[C@@]5(C)CC=C(c6ccc(C(=O)O)cc6)C(C)(C)[C@@H]5CC[C@]43C)[C@@H]12.